The fourth-order valence-electron chi connectivity index (χ4n) is 4.22. The number of nitriles is 1. The van der Waals surface area contributed by atoms with Crippen LogP contribution in [-0.4, -0.2) is 30.0 Å². The summed E-state index contributed by atoms with van der Waals surface area (Å²) in [7, 11) is -1.12. The van der Waals surface area contributed by atoms with E-state index < -0.39 is 8.53 Å². The molecular formula is C27H55N2O2P. The molecule has 32 heavy (non-hydrogen) atoms. The van der Waals surface area contributed by atoms with Gasteiger partial charge in [-0.05, 0) is 46.5 Å². The first kappa shape index (κ1) is 31.8. The van der Waals surface area contributed by atoms with Gasteiger partial charge in [0.25, 0.3) is 8.53 Å². The minimum Gasteiger partial charge on any atom is -0.322 e. The quantitative estimate of drug-likeness (QED) is 0.110. The summed E-state index contributed by atoms with van der Waals surface area (Å²) in [6.07, 6.45) is 19.2. The maximum absolute atomic E-state index is 8.93. The van der Waals surface area contributed by atoms with E-state index in [0.717, 1.165) is 6.61 Å². The van der Waals surface area contributed by atoms with Crippen molar-refractivity contribution in [2.24, 2.45) is 5.92 Å². The van der Waals surface area contributed by atoms with Crippen molar-refractivity contribution in [3.8, 4) is 6.07 Å². The van der Waals surface area contributed by atoms with E-state index in [1.807, 2.05) is 0 Å². The summed E-state index contributed by atoms with van der Waals surface area (Å²) in [5.74, 6) is 0.623. The first-order valence-corrected chi connectivity index (χ1v) is 14.8. The number of unbranched alkanes of at least 4 members (excludes halogenated alkanes) is 10. The molecular weight excluding hydrogens is 415 g/mol. The van der Waals surface area contributed by atoms with Crippen LogP contribution in [0.5, 0.6) is 0 Å². The number of nitrogens with zero attached hydrogens (tertiary/aromatic N) is 2. The Bertz CT molecular complexity index is 416. The maximum Gasteiger partial charge on any atom is 0.259 e. The Morgan fingerprint density at radius 3 is 1.62 bits per heavy atom. The van der Waals surface area contributed by atoms with E-state index >= 15 is 0 Å². The molecule has 1 atom stereocenters. The molecule has 4 nitrogen and oxygen atoms in total. The van der Waals surface area contributed by atoms with Crippen LogP contribution in [-0.2, 0) is 9.05 Å². The molecule has 0 fully saturated rings. The summed E-state index contributed by atoms with van der Waals surface area (Å²) in [4.78, 5) is 0. The van der Waals surface area contributed by atoms with Crippen LogP contribution in [0.4, 0.5) is 0 Å². The molecule has 0 spiro atoms. The number of rotatable bonds is 23. The fraction of sp³-hybridized carbons (Fsp3) is 0.963. The summed E-state index contributed by atoms with van der Waals surface area (Å²) >= 11 is 0. The van der Waals surface area contributed by atoms with E-state index in [4.69, 9.17) is 14.3 Å². The SMILES string of the molecule is CCCCCCCCC(CCCCCCCC)COP(OCCC#N)N(C(C)C)C(C)C. The predicted molar refractivity (Wildman–Crippen MR) is 141 cm³/mol. The third-order valence-corrected chi connectivity index (χ3v) is 8.09. The highest BCUT2D eigenvalue weighted by Crippen LogP contribution is 2.46. The second-order valence-electron chi connectivity index (χ2n) is 9.82. The van der Waals surface area contributed by atoms with Gasteiger partial charge in [0.2, 0.25) is 0 Å². The van der Waals surface area contributed by atoms with Gasteiger partial charge in [-0.3, -0.25) is 0 Å². The molecule has 0 aliphatic heterocycles. The molecule has 0 aromatic carbocycles. The van der Waals surface area contributed by atoms with Gasteiger partial charge >= 0.3 is 0 Å². The molecule has 0 heterocycles. The molecule has 0 aliphatic rings. The van der Waals surface area contributed by atoms with Gasteiger partial charge in [-0.2, -0.15) is 5.26 Å². The highest BCUT2D eigenvalue weighted by atomic mass is 31.2. The monoisotopic (exact) mass is 470 g/mol. The van der Waals surface area contributed by atoms with E-state index in [0.29, 0.717) is 31.0 Å². The minimum atomic E-state index is -1.12. The molecule has 0 amide bonds. The lowest BCUT2D eigenvalue weighted by Gasteiger charge is -2.36. The normalized spacial score (nSPS) is 12.9. The fourth-order valence-corrected chi connectivity index (χ4v) is 5.90. The molecule has 190 valence electrons. The number of hydrogen-bond acceptors (Lipinski definition) is 4. The molecule has 0 radical (unpaired) electrons. The first-order chi connectivity index (χ1) is 15.5. The molecule has 0 N–H and O–H groups in total. The Balaban J connectivity index is 4.76. The summed E-state index contributed by atoms with van der Waals surface area (Å²) in [6.45, 7) is 14.6. The van der Waals surface area contributed by atoms with Gasteiger partial charge in [0.1, 0.15) is 0 Å². The summed E-state index contributed by atoms with van der Waals surface area (Å²) in [5, 5.41) is 8.93. The number of hydrogen-bond donors (Lipinski definition) is 0. The van der Waals surface area contributed by atoms with Gasteiger partial charge in [0.15, 0.2) is 0 Å². The highest BCUT2D eigenvalue weighted by molar-refractivity contribution is 7.44. The van der Waals surface area contributed by atoms with Gasteiger partial charge in [-0.15, -0.1) is 0 Å². The molecule has 0 bridgehead atoms. The largest absolute Gasteiger partial charge is 0.322 e. The van der Waals surface area contributed by atoms with Crippen LogP contribution in [0.1, 0.15) is 138 Å². The van der Waals surface area contributed by atoms with Crippen molar-refractivity contribution in [1.82, 2.24) is 4.67 Å². The molecule has 0 saturated carbocycles. The van der Waals surface area contributed by atoms with Crippen molar-refractivity contribution in [3.63, 3.8) is 0 Å². The Morgan fingerprint density at radius 2 is 1.19 bits per heavy atom. The Kier molecular flexibility index (Phi) is 22.4. The summed E-state index contributed by atoms with van der Waals surface area (Å²) in [6, 6.07) is 2.91. The van der Waals surface area contributed by atoms with Crippen molar-refractivity contribution < 1.29 is 9.05 Å². The van der Waals surface area contributed by atoms with Gasteiger partial charge in [-0.1, -0.05) is 90.9 Å². The van der Waals surface area contributed by atoms with Crippen LogP contribution in [0, 0.1) is 17.2 Å². The summed E-state index contributed by atoms with van der Waals surface area (Å²) < 4.78 is 14.9. The standard InChI is InChI=1S/C27H55N2O2P/c1-7-9-11-13-15-17-20-27(21-18-16-14-12-10-8-2)24-31-32(30-23-19-22-28)29(25(3)4)26(5)6/h25-27H,7-21,23-24H2,1-6H3. The molecule has 1 unspecified atom stereocenters. The van der Waals surface area contributed by atoms with Crippen LogP contribution in [0.2, 0.25) is 0 Å². The smallest absolute Gasteiger partial charge is 0.259 e. The molecule has 5 heteroatoms. The molecule has 0 aromatic rings. The van der Waals surface area contributed by atoms with Crippen LogP contribution < -0.4 is 0 Å². The van der Waals surface area contributed by atoms with Crippen molar-refractivity contribution in [2.45, 2.75) is 150 Å². The molecule has 0 saturated heterocycles. The Labute approximate surface area is 202 Å². The van der Waals surface area contributed by atoms with Gasteiger partial charge in [0, 0.05) is 12.1 Å². The lowest BCUT2D eigenvalue weighted by Crippen LogP contribution is -2.34. The van der Waals surface area contributed by atoms with Crippen molar-refractivity contribution >= 4 is 8.53 Å². The molecule has 0 aliphatic carbocycles. The zero-order valence-corrected chi connectivity index (χ0v) is 23.3. The topological polar surface area (TPSA) is 45.5 Å². The molecule has 0 rings (SSSR count). The van der Waals surface area contributed by atoms with Crippen LogP contribution in [0.25, 0.3) is 0 Å². The van der Waals surface area contributed by atoms with E-state index in [1.54, 1.807) is 0 Å². The third-order valence-electron chi connectivity index (χ3n) is 6.01. The van der Waals surface area contributed by atoms with Crippen LogP contribution in [0.15, 0.2) is 0 Å². The summed E-state index contributed by atoms with van der Waals surface area (Å²) in [5.41, 5.74) is 0. The maximum atomic E-state index is 8.93. The highest BCUT2D eigenvalue weighted by Gasteiger charge is 2.28. The Morgan fingerprint density at radius 1 is 0.719 bits per heavy atom. The second-order valence-corrected chi connectivity index (χ2v) is 11.3. The van der Waals surface area contributed by atoms with Gasteiger partial charge in [0.05, 0.1) is 25.7 Å². The lowest BCUT2D eigenvalue weighted by molar-refractivity contribution is 0.151. The second kappa shape index (κ2) is 22.6. The van der Waals surface area contributed by atoms with Gasteiger partial charge < -0.3 is 9.05 Å². The van der Waals surface area contributed by atoms with E-state index in [1.165, 1.54) is 89.9 Å². The zero-order valence-electron chi connectivity index (χ0n) is 22.4. The van der Waals surface area contributed by atoms with Crippen molar-refractivity contribution in [2.75, 3.05) is 13.2 Å². The zero-order chi connectivity index (χ0) is 24.0. The van der Waals surface area contributed by atoms with Crippen LogP contribution in [0.3, 0.4) is 0 Å². The minimum absolute atomic E-state index is 0.360. The average molecular weight is 471 g/mol. The van der Waals surface area contributed by atoms with E-state index in [-0.39, 0.29) is 0 Å². The van der Waals surface area contributed by atoms with Crippen molar-refractivity contribution in [3.05, 3.63) is 0 Å². The van der Waals surface area contributed by atoms with Crippen LogP contribution >= 0.6 is 8.53 Å². The average Bonchev–Trinajstić information content (AvgIpc) is 2.75. The van der Waals surface area contributed by atoms with Crippen molar-refractivity contribution in [1.29, 1.82) is 5.26 Å². The first-order valence-electron chi connectivity index (χ1n) is 13.7. The predicted octanol–water partition coefficient (Wildman–Crippen LogP) is 9.40. The van der Waals surface area contributed by atoms with E-state index in [9.17, 15) is 0 Å². The molecule has 0 aromatic heterocycles. The lowest BCUT2D eigenvalue weighted by atomic mass is 9.95. The third kappa shape index (κ3) is 17.3. The van der Waals surface area contributed by atoms with Gasteiger partial charge in [-0.25, -0.2) is 4.67 Å². The van der Waals surface area contributed by atoms with E-state index in [2.05, 4.69) is 52.3 Å². The Hall–Kier alpha value is -0.200.